The summed E-state index contributed by atoms with van der Waals surface area (Å²) in [6.07, 6.45) is 10.9. The molecule has 5 rings (SSSR count). The zero-order chi connectivity index (χ0) is 26.0. The van der Waals surface area contributed by atoms with E-state index < -0.39 is 5.60 Å². The predicted molar refractivity (Wildman–Crippen MR) is 146 cm³/mol. The smallest absolute Gasteiger partial charge is 0.410 e. The van der Waals surface area contributed by atoms with Crippen LogP contribution in [0.25, 0.3) is 11.6 Å². The maximum atomic E-state index is 12.7. The lowest BCUT2D eigenvalue weighted by Gasteiger charge is -2.37. The van der Waals surface area contributed by atoms with Crippen molar-refractivity contribution in [2.45, 2.75) is 51.7 Å². The molecule has 1 aliphatic heterocycles. The molecule has 0 N–H and O–H groups in total. The van der Waals surface area contributed by atoms with E-state index in [0.717, 1.165) is 35.2 Å². The maximum absolute atomic E-state index is 12.7. The number of pyridine rings is 1. The third-order valence-corrected chi connectivity index (χ3v) is 7.05. The van der Waals surface area contributed by atoms with E-state index in [1.165, 1.54) is 5.56 Å². The zero-order valence-electron chi connectivity index (χ0n) is 21.4. The number of fused-ring (bicyclic) bond motifs is 2. The molecule has 1 unspecified atom stereocenters. The summed E-state index contributed by atoms with van der Waals surface area (Å²) in [7, 11) is 0. The van der Waals surface area contributed by atoms with Crippen molar-refractivity contribution in [2.24, 2.45) is 5.92 Å². The largest absolute Gasteiger partial charge is 0.444 e. The molecule has 2 aromatic heterocycles. The number of hydrogen-bond acceptors (Lipinski definition) is 4. The fourth-order valence-electron chi connectivity index (χ4n) is 5.16. The lowest BCUT2D eigenvalue weighted by molar-refractivity contribution is 0.0178. The van der Waals surface area contributed by atoms with Crippen LogP contribution in [0.1, 0.15) is 61.9 Å². The van der Waals surface area contributed by atoms with E-state index in [4.69, 9.17) is 21.3 Å². The van der Waals surface area contributed by atoms with Crippen LogP contribution in [0.15, 0.2) is 55.2 Å². The second kappa shape index (κ2) is 10.4. The Morgan fingerprint density at radius 2 is 2.00 bits per heavy atom. The second-order valence-corrected chi connectivity index (χ2v) is 11.0. The summed E-state index contributed by atoms with van der Waals surface area (Å²) in [6, 6.07) is 10.2. The van der Waals surface area contributed by atoms with Crippen molar-refractivity contribution in [1.82, 2.24) is 19.4 Å². The fourth-order valence-corrected chi connectivity index (χ4v) is 5.34. The molecular formula is C30H31ClN4O2. The number of carbonyl (C=O) groups is 1. The number of imidazole rings is 1. The predicted octanol–water partition coefficient (Wildman–Crippen LogP) is 6.27. The van der Waals surface area contributed by atoms with Gasteiger partial charge in [0.2, 0.25) is 0 Å². The van der Waals surface area contributed by atoms with Gasteiger partial charge >= 0.3 is 6.09 Å². The Morgan fingerprint density at radius 1 is 1.19 bits per heavy atom. The van der Waals surface area contributed by atoms with Gasteiger partial charge in [-0.1, -0.05) is 35.6 Å². The Morgan fingerprint density at radius 3 is 2.73 bits per heavy atom. The number of aromatic nitrogens is 3. The Hall–Kier alpha value is -3.56. The number of ether oxygens (including phenoxy) is 1. The average Bonchev–Trinajstić information content (AvgIpc) is 3.33. The Balaban J connectivity index is 1.48. The van der Waals surface area contributed by atoms with E-state index in [-0.39, 0.29) is 12.0 Å². The minimum Gasteiger partial charge on any atom is -0.444 e. The van der Waals surface area contributed by atoms with Crippen molar-refractivity contribution in [3.8, 4) is 11.8 Å². The molecule has 6 nitrogen and oxygen atoms in total. The molecule has 1 aliphatic carbocycles. The van der Waals surface area contributed by atoms with Gasteiger partial charge in [-0.2, -0.15) is 0 Å². The monoisotopic (exact) mass is 514 g/mol. The van der Waals surface area contributed by atoms with Crippen LogP contribution >= 0.6 is 11.6 Å². The molecule has 0 saturated carbocycles. The first-order chi connectivity index (χ1) is 17.8. The molecule has 0 radical (unpaired) electrons. The molecule has 3 aromatic rings. The molecule has 2 aliphatic rings. The Bertz CT molecular complexity index is 1370. The zero-order valence-corrected chi connectivity index (χ0v) is 22.2. The van der Waals surface area contributed by atoms with Gasteiger partial charge in [-0.25, -0.2) is 9.78 Å². The molecule has 1 atom stereocenters. The highest BCUT2D eigenvalue weighted by atomic mass is 35.5. The number of nitrogens with zero attached hydrogens (tertiary/aromatic N) is 4. The molecular weight excluding hydrogens is 484 g/mol. The summed E-state index contributed by atoms with van der Waals surface area (Å²) < 4.78 is 7.56. The molecule has 0 bridgehead atoms. The fraction of sp³-hybridized carbons (Fsp3) is 0.367. The summed E-state index contributed by atoms with van der Waals surface area (Å²) in [5.74, 6) is 7.08. The lowest BCUT2D eigenvalue weighted by atomic mass is 9.76. The van der Waals surface area contributed by atoms with Crippen LogP contribution in [0.2, 0.25) is 5.02 Å². The third kappa shape index (κ3) is 5.73. The maximum Gasteiger partial charge on any atom is 0.410 e. The summed E-state index contributed by atoms with van der Waals surface area (Å²) in [5, 5.41) is 0.693. The van der Waals surface area contributed by atoms with Gasteiger partial charge in [0.25, 0.3) is 0 Å². The number of benzene rings is 1. The quantitative estimate of drug-likeness (QED) is 0.378. The Labute approximate surface area is 223 Å². The number of carbonyl (C=O) groups excluding carboxylic acids is 1. The first kappa shape index (κ1) is 25.1. The van der Waals surface area contributed by atoms with Crippen LogP contribution in [0, 0.1) is 17.8 Å². The highest BCUT2D eigenvalue weighted by Crippen LogP contribution is 2.44. The Kier molecular flexibility index (Phi) is 7.08. The van der Waals surface area contributed by atoms with Crippen molar-refractivity contribution >= 4 is 29.3 Å². The van der Waals surface area contributed by atoms with Crippen LogP contribution in [-0.4, -0.2) is 44.2 Å². The van der Waals surface area contributed by atoms with Crippen molar-refractivity contribution in [1.29, 1.82) is 0 Å². The van der Waals surface area contributed by atoms with Crippen LogP contribution in [0.5, 0.6) is 0 Å². The summed E-state index contributed by atoms with van der Waals surface area (Å²) in [5.41, 5.74) is 4.77. The standard InChI is InChI=1S/C30H31ClN4O2/c1-30(2,3)37-29(36)35-15-10-21(11-16-35)27-25-9-8-24(31)19-23(25)18-22(26-7-4-12-33-28(26)27)6-5-14-34-17-13-32-20-34/h4,7-9,12-13,17-21,27H,10-11,14-16H2,1-3H3. The molecule has 1 fully saturated rings. The molecule has 7 heteroatoms. The minimum atomic E-state index is -0.503. The summed E-state index contributed by atoms with van der Waals surface area (Å²) >= 11 is 6.45. The molecule has 190 valence electrons. The first-order valence-electron chi connectivity index (χ1n) is 12.7. The number of halogens is 1. The SMILES string of the molecule is CC(C)(C)OC(=O)N1CCC(C2c3ccc(Cl)cc3C=C(C#CCn3ccnc3)c3cccnc32)CC1. The van der Waals surface area contributed by atoms with Crippen LogP contribution in [0.4, 0.5) is 4.79 Å². The summed E-state index contributed by atoms with van der Waals surface area (Å²) in [4.78, 5) is 23.5. The van der Waals surface area contributed by atoms with E-state index in [1.807, 2.05) is 60.8 Å². The van der Waals surface area contributed by atoms with Crippen LogP contribution < -0.4 is 0 Å². The van der Waals surface area contributed by atoms with Gasteiger partial charge < -0.3 is 14.2 Å². The van der Waals surface area contributed by atoms with Crippen molar-refractivity contribution in [2.75, 3.05) is 13.1 Å². The van der Waals surface area contributed by atoms with Gasteiger partial charge in [-0.3, -0.25) is 4.98 Å². The molecule has 0 spiro atoms. The normalized spacial score (nSPS) is 17.6. The number of piperidine rings is 1. The molecule has 1 saturated heterocycles. The highest BCUT2D eigenvalue weighted by molar-refractivity contribution is 6.30. The number of rotatable bonds is 2. The average molecular weight is 515 g/mol. The number of allylic oxidation sites excluding steroid dienone is 1. The van der Waals surface area contributed by atoms with Crippen molar-refractivity contribution < 1.29 is 9.53 Å². The van der Waals surface area contributed by atoms with E-state index in [9.17, 15) is 4.79 Å². The lowest BCUT2D eigenvalue weighted by Crippen LogP contribution is -2.42. The van der Waals surface area contributed by atoms with Gasteiger partial charge in [0.1, 0.15) is 5.60 Å². The van der Waals surface area contributed by atoms with E-state index in [0.29, 0.717) is 30.6 Å². The van der Waals surface area contributed by atoms with Crippen molar-refractivity contribution in [3.63, 3.8) is 0 Å². The van der Waals surface area contributed by atoms with E-state index >= 15 is 0 Å². The topological polar surface area (TPSA) is 60.2 Å². The third-order valence-electron chi connectivity index (χ3n) is 6.81. The van der Waals surface area contributed by atoms with Gasteiger partial charge in [0.05, 0.1) is 18.6 Å². The van der Waals surface area contributed by atoms with Gasteiger partial charge in [0, 0.05) is 53.8 Å². The number of amides is 1. The van der Waals surface area contributed by atoms with E-state index in [1.54, 1.807) is 12.5 Å². The highest BCUT2D eigenvalue weighted by Gasteiger charge is 2.36. The molecule has 37 heavy (non-hydrogen) atoms. The first-order valence-corrected chi connectivity index (χ1v) is 13.1. The van der Waals surface area contributed by atoms with Crippen LogP contribution in [-0.2, 0) is 11.3 Å². The molecule has 3 heterocycles. The number of likely N-dealkylation sites (tertiary alicyclic amines) is 1. The minimum absolute atomic E-state index is 0.0773. The van der Waals surface area contributed by atoms with Gasteiger partial charge in [-0.15, -0.1) is 0 Å². The second-order valence-electron chi connectivity index (χ2n) is 10.6. The van der Waals surface area contributed by atoms with E-state index in [2.05, 4.69) is 35.0 Å². The van der Waals surface area contributed by atoms with Gasteiger partial charge in [0.15, 0.2) is 0 Å². The molecule has 1 aromatic carbocycles. The van der Waals surface area contributed by atoms with Crippen LogP contribution in [0.3, 0.4) is 0 Å². The van der Waals surface area contributed by atoms with Gasteiger partial charge in [-0.05, 0) is 74.9 Å². The number of hydrogen-bond donors (Lipinski definition) is 0. The molecule has 1 amide bonds. The summed E-state index contributed by atoms with van der Waals surface area (Å²) in [6.45, 7) is 7.57. The van der Waals surface area contributed by atoms with Crippen molar-refractivity contribution in [3.05, 3.63) is 82.7 Å².